The molecule has 4 aromatic rings. The van der Waals surface area contributed by atoms with Gasteiger partial charge < -0.3 is 9.84 Å². The van der Waals surface area contributed by atoms with Crippen LogP contribution in [0.2, 0.25) is 0 Å². The van der Waals surface area contributed by atoms with Crippen molar-refractivity contribution in [2.24, 2.45) is 0 Å². The minimum Gasteiger partial charge on any atom is -0.490 e. The highest BCUT2D eigenvalue weighted by atomic mass is 32.1. The van der Waals surface area contributed by atoms with Gasteiger partial charge in [-0.2, -0.15) is 0 Å². The summed E-state index contributed by atoms with van der Waals surface area (Å²) in [7, 11) is 0. The van der Waals surface area contributed by atoms with Crippen molar-refractivity contribution in [3.8, 4) is 5.75 Å². The van der Waals surface area contributed by atoms with Crippen LogP contribution in [-0.2, 0) is 19.4 Å². The van der Waals surface area contributed by atoms with E-state index in [4.69, 9.17) is 4.74 Å². The normalized spacial score (nSPS) is 14.5. The second kappa shape index (κ2) is 7.04. The Hall–Kier alpha value is -2.70. The summed E-state index contributed by atoms with van der Waals surface area (Å²) in [5.74, 6) is 0.730. The molecule has 142 valence electrons. The second-order valence-electron chi connectivity index (χ2n) is 7.18. The van der Waals surface area contributed by atoms with Crippen molar-refractivity contribution in [3.05, 3.63) is 69.6 Å². The van der Waals surface area contributed by atoms with Crippen molar-refractivity contribution in [2.45, 2.75) is 31.9 Å². The zero-order chi connectivity index (χ0) is 19.1. The Morgan fingerprint density at radius 1 is 1.18 bits per heavy atom. The summed E-state index contributed by atoms with van der Waals surface area (Å²) < 4.78 is 7.36. The van der Waals surface area contributed by atoms with Gasteiger partial charge in [0.25, 0.3) is 5.56 Å². The Bertz CT molecular complexity index is 1220. The van der Waals surface area contributed by atoms with Crippen LogP contribution in [0.25, 0.3) is 21.0 Å². The van der Waals surface area contributed by atoms with Crippen LogP contribution in [0.15, 0.2) is 53.6 Å². The maximum Gasteiger partial charge on any atom is 0.262 e. The van der Waals surface area contributed by atoms with Gasteiger partial charge in [0.15, 0.2) is 0 Å². The first kappa shape index (κ1) is 17.4. The molecule has 0 spiro atoms. The molecule has 0 fully saturated rings. The van der Waals surface area contributed by atoms with E-state index in [1.165, 1.54) is 15.8 Å². The smallest absolute Gasteiger partial charge is 0.262 e. The van der Waals surface area contributed by atoms with Crippen LogP contribution in [0.4, 0.5) is 0 Å². The molecule has 1 aliphatic rings. The van der Waals surface area contributed by atoms with Crippen molar-refractivity contribution >= 4 is 32.3 Å². The fourth-order valence-corrected chi connectivity index (χ4v) is 5.16. The molecule has 5 rings (SSSR count). The molecule has 6 heteroatoms. The van der Waals surface area contributed by atoms with Crippen molar-refractivity contribution in [3.63, 3.8) is 0 Å². The molecule has 5 nitrogen and oxygen atoms in total. The predicted molar refractivity (Wildman–Crippen MR) is 111 cm³/mol. The predicted octanol–water partition coefficient (Wildman–Crippen LogP) is 3.54. The van der Waals surface area contributed by atoms with E-state index in [0.29, 0.717) is 0 Å². The first-order valence-corrected chi connectivity index (χ1v) is 10.3. The second-order valence-corrected chi connectivity index (χ2v) is 8.27. The Morgan fingerprint density at radius 3 is 2.96 bits per heavy atom. The van der Waals surface area contributed by atoms with Crippen LogP contribution < -0.4 is 10.3 Å². The molecule has 1 aliphatic carbocycles. The molecule has 0 bridgehead atoms. The number of hydrogen-bond acceptors (Lipinski definition) is 5. The van der Waals surface area contributed by atoms with Gasteiger partial charge in [-0.3, -0.25) is 9.36 Å². The Morgan fingerprint density at radius 2 is 2.04 bits per heavy atom. The maximum atomic E-state index is 12.9. The largest absolute Gasteiger partial charge is 0.490 e. The van der Waals surface area contributed by atoms with Crippen LogP contribution in [0.5, 0.6) is 5.75 Å². The minimum atomic E-state index is -0.803. The summed E-state index contributed by atoms with van der Waals surface area (Å²) in [4.78, 5) is 19.5. The standard InChI is InChI=1S/C22H20N2O3S/c25-15(12-27-18-9-3-6-14-5-1-2-7-16(14)18)11-24-13-23-21-20(22(24)26)17-8-4-10-19(17)28-21/h1-3,5-7,9,13,15,25H,4,8,10-12H2. The summed E-state index contributed by atoms with van der Waals surface area (Å²) in [5.41, 5.74) is 1.10. The van der Waals surface area contributed by atoms with E-state index in [2.05, 4.69) is 4.98 Å². The first-order valence-electron chi connectivity index (χ1n) is 9.49. The Labute approximate surface area is 165 Å². The minimum absolute atomic E-state index is 0.0615. The van der Waals surface area contributed by atoms with E-state index in [1.807, 2.05) is 42.5 Å². The lowest BCUT2D eigenvalue weighted by Gasteiger charge is -2.15. The monoisotopic (exact) mass is 392 g/mol. The molecule has 28 heavy (non-hydrogen) atoms. The summed E-state index contributed by atoms with van der Waals surface area (Å²) >= 11 is 1.63. The van der Waals surface area contributed by atoms with Gasteiger partial charge in [0.1, 0.15) is 23.3 Å². The van der Waals surface area contributed by atoms with Gasteiger partial charge in [0.2, 0.25) is 0 Å². The van der Waals surface area contributed by atoms with Crippen molar-refractivity contribution in [1.29, 1.82) is 0 Å². The molecule has 0 saturated heterocycles. The number of aliphatic hydroxyl groups excluding tert-OH is 1. The highest BCUT2D eigenvalue weighted by Gasteiger charge is 2.21. The highest BCUT2D eigenvalue weighted by Crippen LogP contribution is 2.34. The van der Waals surface area contributed by atoms with Gasteiger partial charge in [-0.15, -0.1) is 11.3 Å². The maximum absolute atomic E-state index is 12.9. The van der Waals surface area contributed by atoms with Gasteiger partial charge >= 0.3 is 0 Å². The average molecular weight is 392 g/mol. The van der Waals surface area contributed by atoms with Crippen LogP contribution in [0.3, 0.4) is 0 Å². The summed E-state index contributed by atoms with van der Waals surface area (Å²) in [5, 5.41) is 13.3. The molecule has 2 aromatic heterocycles. The lowest BCUT2D eigenvalue weighted by molar-refractivity contribution is 0.0922. The number of hydrogen-bond donors (Lipinski definition) is 1. The lowest BCUT2D eigenvalue weighted by atomic mass is 10.1. The van der Waals surface area contributed by atoms with Crippen LogP contribution >= 0.6 is 11.3 Å². The van der Waals surface area contributed by atoms with Crippen LogP contribution in [-0.4, -0.2) is 27.4 Å². The number of rotatable bonds is 5. The highest BCUT2D eigenvalue weighted by molar-refractivity contribution is 7.18. The fraction of sp³-hybridized carbons (Fsp3) is 0.273. The van der Waals surface area contributed by atoms with Gasteiger partial charge in [-0.25, -0.2) is 4.98 Å². The quantitative estimate of drug-likeness (QED) is 0.564. The van der Waals surface area contributed by atoms with Crippen LogP contribution in [0.1, 0.15) is 16.9 Å². The molecular weight excluding hydrogens is 372 g/mol. The molecule has 0 saturated carbocycles. The third-order valence-electron chi connectivity index (χ3n) is 5.28. The molecule has 0 aliphatic heterocycles. The molecule has 0 amide bonds. The molecule has 0 radical (unpaired) electrons. The number of thiophene rings is 1. The molecule has 2 heterocycles. The van der Waals surface area contributed by atoms with E-state index >= 15 is 0 Å². The molecule has 1 N–H and O–H groups in total. The third-order valence-corrected chi connectivity index (χ3v) is 6.48. The summed E-state index contributed by atoms with van der Waals surface area (Å²) in [6.45, 7) is 0.275. The third kappa shape index (κ3) is 2.99. The zero-order valence-corrected chi connectivity index (χ0v) is 16.1. The van der Waals surface area contributed by atoms with E-state index in [9.17, 15) is 9.90 Å². The number of nitrogens with zero attached hydrogens (tertiary/aromatic N) is 2. The van der Waals surface area contributed by atoms with Crippen LogP contribution in [0, 0.1) is 0 Å². The van der Waals surface area contributed by atoms with E-state index in [0.717, 1.165) is 51.6 Å². The summed E-state index contributed by atoms with van der Waals surface area (Å²) in [6.07, 6.45) is 3.83. The van der Waals surface area contributed by atoms with Gasteiger partial charge in [0.05, 0.1) is 18.3 Å². The fourth-order valence-electron chi connectivity index (χ4n) is 3.94. The number of aliphatic hydroxyl groups is 1. The van der Waals surface area contributed by atoms with E-state index < -0.39 is 6.10 Å². The number of fused-ring (bicyclic) bond motifs is 4. The SMILES string of the molecule is O=c1c2c3c(sc2ncn1CC(O)COc1cccc2ccccc12)CCC3. The van der Waals surface area contributed by atoms with Crippen molar-refractivity contribution in [2.75, 3.05) is 6.61 Å². The first-order chi connectivity index (χ1) is 13.7. The number of ether oxygens (including phenoxy) is 1. The number of benzene rings is 2. The topological polar surface area (TPSA) is 64.4 Å². The van der Waals surface area contributed by atoms with E-state index in [1.54, 1.807) is 11.3 Å². The zero-order valence-electron chi connectivity index (χ0n) is 15.3. The van der Waals surface area contributed by atoms with Gasteiger partial charge in [-0.05, 0) is 36.3 Å². The number of aryl methyl sites for hydroxylation is 2. The van der Waals surface area contributed by atoms with Gasteiger partial charge in [-0.1, -0.05) is 36.4 Å². The van der Waals surface area contributed by atoms with Crippen molar-refractivity contribution < 1.29 is 9.84 Å². The molecule has 1 unspecified atom stereocenters. The molecular formula is C22H20N2O3S. The Kier molecular flexibility index (Phi) is 4.37. The Balaban J connectivity index is 1.35. The van der Waals surface area contributed by atoms with Gasteiger partial charge in [0, 0.05) is 10.3 Å². The average Bonchev–Trinajstić information content (AvgIpc) is 3.29. The molecule has 2 aromatic carbocycles. The lowest BCUT2D eigenvalue weighted by Crippen LogP contribution is -2.30. The molecule has 1 atom stereocenters. The number of aromatic nitrogens is 2. The van der Waals surface area contributed by atoms with Crippen molar-refractivity contribution in [1.82, 2.24) is 9.55 Å². The van der Waals surface area contributed by atoms with E-state index in [-0.39, 0.29) is 18.7 Å². The summed E-state index contributed by atoms with van der Waals surface area (Å²) in [6, 6.07) is 13.8.